The summed E-state index contributed by atoms with van der Waals surface area (Å²) < 4.78 is 0. The van der Waals surface area contributed by atoms with E-state index in [1.807, 2.05) is 0 Å². The molecule has 0 saturated carbocycles. The SMILES string of the molecule is CC(C)[C@@H](N)C(=O)N[C@H](CCC(=O)O)C(=O)O. The second-order valence-electron chi connectivity index (χ2n) is 4.10. The number of aliphatic carboxylic acids is 2. The van der Waals surface area contributed by atoms with E-state index in [0.717, 1.165) is 0 Å². The average molecular weight is 246 g/mol. The Bertz CT molecular complexity index is 303. The van der Waals surface area contributed by atoms with Gasteiger partial charge >= 0.3 is 11.9 Å². The molecule has 0 aromatic carbocycles. The van der Waals surface area contributed by atoms with Crippen LogP contribution in [0.3, 0.4) is 0 Å². The van der Waals surface area contributed by atoms with Crippen LogP contribution in [-0.4, -0.2) is 40.1 Å². The molecule has 0 spiro atoms. The summed E-state index contributed by atoms with van der Waals surface area (Å²) in [6.45, 7) is 3.47. The zero-order valence-corrected chi connectivity index (χ0v) is 9.84. The zero-order chi connectivity index (χ0) is 13.6. The molecule has 0 aliphatic carbocycles. The molecule has 0 fully saturated rings. The maximum Gasteiger partial charge on any atom is 0.326 e. The van der Waals surface area contributed by atoms with E-state index in [1.165, 1.54) is 0 Å². The normalized spacial score (nSPS) is 14.1. The number of carboxylic acids is 2. The highest BCUT2D eigenvalue weighted by atomic mass is 16.4. The van der Waals surface area contributed by atoms with E-state index in [4.69, 9.17) is 15.9 Å². The third kappa shape index (κ3) is 5.86. The minimum atomic E-state index is -1.27. The number of nitrogens with two attached hydrogens (primary N) is 1. The van der Waals surface area contributed by atoms with Gasteiger partial charge in [0.25, 0.3) is 0 Å². The Balaban J connectivity index is 4.39. The Hall–Kier alpha value is -1.63. The number of carbonyl (C=O) groups is 3. The number of carboxylic acid groups (broad SMARTS) is 2. The van der Waals surface area contributed by atoms with Gasteiger partial charge in [0, 0.05) is 6.42 Å². The van der Waals surface area contributed by atoms with Crippen molar-refractivity contribution in [2.24, 2.45) is 11.7 Å². The molecule has 1 amide bonds. The molecule has 7 heteroatoms. The summed E-state index contributed by atoms with van der Waals surface area (Å²) in [5.41, 5.74) is 5.54. The Morgan fingerprint density at radius 2 is 1.76 bits per heavy atom. The number of carbonyl (C=O) groups excluding carboxylic acids is 1. The molecule has 0 saturated heterocycles. The van der Waals surface area contributed by atoms with Gasteiger partial charge in [0.15, 0.2) is 0 Å². The number of nitrogens with one attached hydrogen (secondary N) is 1. The van der Waals surface area contributed by atoms with Gasteiger partial charge in [0.2, 0.25) is 5.91 Å². The molecule has 0 aliphatic rings. The Labute approximate surface area is 99.0 Å². The van der Waals surface area contributed by atoms with E-state index in [1.54, 1.807) is 13.8 Å². The fourth-order valence-corrected chi connectivity index (χ4v) is 1.10. The second kappa shape index (κ2) is 6.85. The summed E-state index contributed by atoms with van der Waals surface area (Å²) in [6.07, 6.45) is -0.491. The molecular formula is C10H18N2O5. The lowest BCUT2D eigenvalue weighted by atomic mass is 10.0. The Kier molecular flexibility index (Phi) is 6.19. The standard InChI is InChI=1S/C10H18N2O5/c1-5(2)8(11)9(15)12-6(10(16)17)3-4-7(13)14/h5-6,8H,3-4,11H2,1-2H3,(H,12,15)(H,13,14)(H,16,17)/t6-,8-/m1/s1. The van der Waals surface area contributed by atoms with Crippen molar-refractivity contribution in [3.8, 4) is 0 Å². The van der Waals surface area contributed by atoms with Crippen molar-refractivity contribution in [2.75, 3.05) is 0 Å². The molecule has 98 valence electrons. The van der Waals surface area contributed by atoms with Crippen molar-refractivity contribution in [1.29, 1.82) is 0 Å². The van der Waals surface area contributed by atoms with Gasteiger partial charge in [-0.15, -0.1) is 0 Å². The summed E-state index contributed by atoms with van der Waals surface area (Å²) in [7, 11) is 0. The number of rotatable bonds is 7. The van der Waals surface area contributed by atoms with Crippen LogP contribution in [0.2, 0.25) is 0 Å². The van der Waals surface area contributed by atoms with E-state index >= 15 is 0 Å². The smallest absolute Gasteiger partial charge is 0.326 e. The highest BCUT2D eigenvalue weighted by molar-refractivity contribution is 5.87. The van der Waals surface area contributed by atoms with Gasteiger partial charge in [-0.2, -0.15) is 0 Å². The van der Waals surface area contributed by atoms with Crippen molar-refractivity contribution >= 4 is 17.8 Å². The van der Waals surface area contributed by atoms with Crippen LogP contribution in [0.1, 0.15) is 26.7 Å². The van der Waals surface area contributed by atoms with Crippen LogP contribution in [0.5, 0.6) is 0 Å². The molecule has 0 radical (unpaired) electrons. The first kappa shape index (κ1) is 15.4. The van der Waals surface area contributed by atoms with Crippen molar-refractivity contribution < 1.29 is 24.6 Å². The van der Waals surface area contributed by atoms with Gasteiger partial charge in [-0.1, -0.05) is 13.8 Å². The van der Waals surface area contributed by atoms with Crippen LogP contribution in [0, 0.1) is 5.92 Å². The van der Waals surface area contributed by atoms with Crippen molar-refractivity contribution in [3.05, 3.63) is 0 Å². The van der Waals surface area contributed by atoms with Crippen LogP contribution in [0.15, 0.2) is 0 Å². The summed E-state index contributed by atoms with van der Waals surface area (Å²) >= 11 is 0. The van der Waals surface area contributed by atoms with Gasteiger partial charge in [-0.05, 0) is 12.3 Å². The van der Waals surface area contributed by atoms with Gasteiger partial charge in [-0.25, -0.2) is 4.79 Å². The maximum absolute atomic E-state index is 11.5. The minimum absolute atomic E-state index is 0.121. The largest absolute Gasteiger partial charge is 0.481 e. The van der Waals surface area contributed by atoms with E-state index < -0.39 is 29.9 Å². The molecule has 0 aromatic heterocycles. The van der Waals surface area contributed by atoms with Crippen molar-refractivity contribution in [2.45, 2.75) is 38.8 Å². The summed E-state index contributed by atoms with van der Waals surface area (Å²) in [5, 5.41) is 19.5. The maximum atomic E-state index is 11.5. The van der Waals surface area contributed by atoms with E-state index in [2.05, 4.69) is 5.32 Å². The van der Waals surface area contributed by atoms with Gasteiger partial charge in [-0.3, -0.25) is 9.59 Å². The lowest BCUT2D eigenvalue weighted by molar-refractivity contribution is -0.143. The van der Waals surface area contributed by atoms with Crippen molar-refractivity contribution in [1.82, 2.24) is 5.32 Å². The summed E-state index contributed by atoms with van der Waals surface area (Å²) in [4.78, 5) is 32.6. The quantitative estimate of drug-likeness (QED) is 0.474. The predicted molar refractivity (Wildman–Crippen MR) is 59.2 cm³/mol. The van der Waals surface area contributed by atoms with E-state index in [9.17, 15) is 14.4 Å². The fraction of sp³-hybridized carbons (Fsp3) is 0.700. The highest BCUT2D eigenvalue weighted by Crippen LogP contribution is 2.02. The predicted octanol–water partition coefficient (Wildman–Crippen LogP) is -0.596. The minimum Gasteiger partial charge on any atom is -0.481 e. The number of amides is 1. The monoisotopic (exact) mass is 246 g/mol. The molecule has 5 N–H and O–H groups in total. The molecule has 0 aromatic rings. The summed E-state index contributed by atoms with van der Waals surface area (Å²) in [5.74, 6) is -3.09. The van der Waals surface area contributed by atoms with Gasteiger partial charge in [0.05, 0.1) is 6.04 Å². The van der Waals surface area contributed by atoms with E-state index in [0.29, 0.717) is 0 Å². The topological polar surface area (TPSA) is 130 Å². The Morgan fingerprint density at radius 3 is 2.12 bits per heavy atom. The van der Waals surface area contributed by atoms with Crippen LogP contribution in [0.25, 0.3) is 0 Å². The molecular weight excluding hydrogens is 228 g/mol. The number of hydrogen-bond donors (Lipinski definition) is 4. The number of hydrogen-bond acceptors (Lipinski definition) is 4. The molecule has 0 unspecified atom stereocenters. The molecule has 0 aliphatic heterocycles. The molecule has 0 heterocycles. The molecule has 7 nitrogen and oxygen atoms in total. The third-order valence-electron chi connectivity index (χ3n) is 2.28. The van der Waals surface area contributed by atoms with Crippen LogP contribution < -0.4 is 11.1 Å². The van der Waals surface area contributed by atoms with Gasteiger partial charge < -0.3 is 21.3 Å². The van der Waals surface area contributed by atoms with Crippen LogP contribution >= 0.6 is 0 Å². The average Bonchev–Trinajstić information content (AvgIpc) is 2.21. The molecule has 0 rings (SSSR count). The Morgan fingerprint density at radius 1 is 1.24 bits per heavy atom. The molecule has 0 bridgehead atoms. The molecule has 17 heavy (non-hydrogen) atoms. The molecule has 2 atom stereocenters. The fourth-order valence-electron chi connectivity index (χ4n) is 1.10. The lowest BCUT2D eigenvalue weighted by Gasteiger charge is -2.19. The second-order valence-corrected chi connectivity index (χ2v) is 4.10. The van der Waals surface area contributed by atoms with Crippen LogP contribution in [-0.2, 0) is 14.4 Å². The van der Waals surface area contributed by atoms with Crippen molar-refractivity contribution in [3.63, 3.8) is 0 Å². The third-order valence-corrected chi connectivity index (χ3v) is 2.28. The highest BCUT2D eigenvalue weighted by Gasteiger charge is 2.25. The first-order chi connectivity index (χ1) is 7.75. The first-order valence-corrected chi connectivity index (χ1v) is 5.26. The first-order valence-electron chi connectivity index (χ1n) is 5.26. The van der Waals surface area contributed by atoms with Crippen LogP contribution in [0.4, 0.5) is 0 Å². The zero-order valence-electron chi connectivity index (χ0n) is 9.84. The van der Waals surface area contributed by atoms with Gasteiger partial charge in [0.1, 0.15) is 6.04 Å². The lowest BCUT2D eigenvalue weighted by Crippen LogP contribution is -2.50. The van der Waals surface area contributed by atoms with E-state index in [-0.39, 0.29) is 18.8 Å². The summed E-state index contributed by atoms with van der Waals surface area (Å²) in [6, 6.07) is -2.02.